The minimum atomic E-state index is -3.20. The van der Waals surface area contributed by atoms with Gasteiger partial charge in [0.2, 0.25) is 11.8 Å². The molecular formula is C20H28N2O4S. The molecule has 1 spiro atoms. The molecule has 2 aliphatic heterocycles. The first kappa shape index (κ1) is 19.9. The molecule has 0 bridgehead atoms. The number of likely N-dealkylation sites (tertiary alicyclic amines) is 2. The van der Waals surface area contributed by atoms with Crippen LogP contribution in [0.4, 0.5) is 0 Å². The second-order valence-corrected chi connectivity index (χ2v) is 9.95. The van der Waals surface area contributed by atoms with E-state index in [-0.39, 0.29) is 24.0 Å². The van der Waals surface area contributed by atoms with E-state index in [1.54, 1.807) is 4.90 Å². The van der Waals surface area contributed by atoms with Crippen LogP contribution in [0.2, 0.25) is 0 Å². The number of hydrogen-bond acceptors (Lipinski definition) is 4. The molecule has 7 heteroatoms. The number of carbonyl (C=O) groups excluding carboxylic acids is 2. The average Bonchev–Trinajstić information content (AvgIpc) is 3.06. The fraction of sp³-hybridized carbons (Fsp3) is 0.600. The van der Waals surface area contributed by atoms with Gasteiger partial charge in [-0.15, -0.1) is 0 Å². The Morgan fingerprint density at radius 2 is 1.78 bits per heavy atom. The molecule has 0 N–H and O–H groups in total. The zero-order valence-corrected chi connectivity index (χ0v) is 16.7. The van der Waals surface area contributed by atoms with Gasteiger partial charge in [-0.3, -0.25) is 9.59 Å². The lowest BCUT2D eigenvalue weighted by molar-refractivity contribution is -0.155. The predicted molar refractivity (Wildman–Crippen MR) is 104 cm³/mol. The van der Waals surface area contributed by atoms with E-state index in [0.717, 1.165) is 32.1 Å². The Hall–Kier alpha value is -1.89. The number of sulfone groups is 1. The smallest absolute Gasteiger partial charge is 0.248 e. The van der Waals surface area contributed by atoms with Crippen molar-refractivity contribution in [3.8, 4) is 0 Å². The lowest BCUT2D eigenvalue weighted by Crippen LogP contribution is -2.61. The van der Waals surface area contributed by atoms with Crippen molar-refractivity contribution in [1.29, 1.82) is 0 Å². The summed E-state index contributed by atoms with van der Waals surface area (Å²) in [6.45, 7) is 1.91. The summed E-state index contributed by atoms with van der Waals surface area (Å²) in [5.41, 5.74) is 0.432. The van der Waals surface area contributed by atoms with Crippen molar-refractivity contribution in [1.82, 2.24) is 9.80 Å². The topological polar surface area (TPSA) is 74.8 Å². The lowest BCUT2D eigenvalue weighted by atomic mass is 9.85. The Kier molecular flexibility index (Phi) is 5.89. The molecular weight excluding hydrogens is 364 g/mol. The van der Waals surface area contributed by atoms with E-state index >= 15 is 0 Å². The van der Waals surface area contributed by atoms with Crippen molar-refractivity contribution in [3.63, 3.8) is 0 Å². The van der Waals surface area contributed by atoms with E-state index in [9.17, 15) is 18.0 Å². The highest BCUT2D eigenvalue weighted by atomic mass is 32.2. The molecule has 0 radical (unpaired) electrons. The summed E-state index contributed by atoms with van der Waals surface area (Å²) in [5.74, 6) is -0.337. The van der Waals surface area contributed by atoms with Gasteiger partial charge in [0.05, 0.1) is 5.75 Å². The normalized spacial score (nSPS) is 23.2. The van der Waals surface area contributed by atoms with E-state index in [1.165, 1.54) is 5.56 Å². The Labute approximate surface area is 161 Å². The molecule has 148 valence electrons. The molecule has 0 saturated carbocycles. The van der Waals surface area contributed by atoms with Crippen LogP contribution in [0.15, 0.2) is 30.3 Å². The third kappa shape index (κ3) is 4.51. The van der Waals surface area contributed by atoms with Crippen molar-refractivity contribution < 1.29 is 18.0 Å². The molecule has 3 rings (SSSR count). The minimum absolute atomic E-state index is 0.0369. The van der Waals surface area contributed by atoms with Crippen LogP contribution < -0.4 is 0 Å². The van der Waals surface area contributed by atoms with Crippen LogP contribution in [-0.4, -0.2) is 67.2 Å². The summed E-state index contributed by atoms with van der Waals surface area (Å²) in [5, 5.41) is 0. The fourth-order valence-electron chi connectivity index (χ4n) is 4.32. The standard InChI is InChI=1S/C20H28N2O4S/c1-27(25,26)16-10-18(23)22-14-6-12-20(22)11-5-13-21(19(20)24)15-9-17-7-3-2-4-8-17/h2-4,7-8H,5-6,9-16H2,1H3. The van der Waals surface area contributed by atoms with Gasteiger partial charge >= 0.3 is 0 Å². The summed E-state index contributed by atoms with van der Waals surface area (Å²) in [6, 6.07) is 10.1. The number of benzene rings is 1. The molecule has 2 fully saturated rings. The van der Waals surface area contributed by atoms with Gasteiger partial charge in [-0.1, -0.05) is 30.3 Å². The minimum Gasteiger partial charge on any atom is -0.340 e. The first-order chi connectivity index (χ1) is 12.8. The summed E-state index contributed by atoms with van der Waals surface area (Å²) >= 11 is 0. The quantitative estimate of drug-likeness (QED) is 0.738. The van der Waals surface area contributed by atoms with Gasteiger partial charge in [0.15, 0.2) is 0 Å². The van der Waals surface area contributed by atoms with Gasteiger partial charge in [-0.05, 0) is 37.7 Å². The molecule has 2 saturated heterocycles. The molecule has 2 heterocycles. The summed E-state index contributed by atoms with van der Waals surface area (Å²) in [7, 11) is -3.20. The van der Waals surface area contributed by atoms with Gasteiger partial charge < -0.3 is 9.80 Å². The summed E-state index contributed by atoms with van der Waals surface area (Å²) < 4.78 is 22.8. The maximum absolute atomic E-state index is 13.3. The van der Waals surface area contributed by atoms with E-state index in [0.29, 0.717) is 25.9 Å². The van der Waals surface area contributed by atoms with Crippen LogP contribution in [0.1, 0.15) is 37.7 Å². The van der Waals surface area contributed by atoms with Crippen LogP contribution in [0.25, 0.3) is 0 Å². The second kappa shape index (κ2) is 8.00. The molecule has 27 heavy (non-hydrogen) atoms. The number of piperidine rings is 1. The number of hydrogen-bond donors (Lipinski definition) is 0. The van der Waals surface area contributed by atoms with Gasteiger partial charge in [-0.2, -0.15) is 0 Å². The molecule has 1 aromatic carbocycles. The van der Waals surface area contributed by atoms with Gasteiger partial charge in [0.1, 0.15) is 15.4 Å². The fourth-order valence-corrected chi connectivity index (χ4v) is 4.86. The average molecular weight is 393 g/mol. The molecule has 6 nitrogen and oxygen atoms in total. The monoisotopic (exact) mass is 392 g/mol. The third-order valence-corrected chi connectivity index (χ3v) is 6.64. The highest BCUT2D eigenvalue weighted by Gasteiger charge is 2.52. The maximum Gasteiger partial charge on any atom is 0.248 e. The molecule has 1 atom stereocenters. The zero-order chi connectivity index (χ0) is 19.5. The first-order valence-corrected chi connectivity index (χ1v) is 11.7. The Bertz CT molecular complexity index is 793. The van der Waals surface area contributed by atoms with E-state index in [1.807, 2.05) is 23.1 Å². The largest absolute Gasteiger partial charge is 0.340 e. The number of nitrogens with zero attached hydrogens (tertiary/aromatic N) is 2. The predicted octanol–water partition coefficient (Wildman–Crippen LogP) is 1.65. The van der Waals surface area contributed by atoms with Gasteiger partial charge in [0.25, 0.3) is 0 Å². The molecule has 0 aromatic heterocycles. The summed E-state index contributed by atoms with van der Waals surface area (Å²) in [6.07, 6.45) is 4.91. The molecule has 1 unspecified atom stereocenters. The third-order valence-electron chi connectivity index (χ3n) is 5.69. The molecule has 0 aliphatic carbocycles. The van der Waals surface area contributed by atoms with Gasteiger partial charge in [-0.25, -0.2) is 8.42 Å². The number of rotatable bonds is 6. The first-order valence-electron chi connectivity index (χ1n) is 9.63. The van der Waals surface area contributed by atoms with E-state index < -0.39 is 15.4 Å². The Balaban J connectivity index is 1.69. The van der Waals surface area contributed by atoms with Crippen molar-refractivity contribution in [2.75, 3.05) is 31.6 Å². The molecule has 1 aromatic rings. The number of amides is 2. The van der Waals surface area contributed by atoms with E-state index in [2.05, 4.69) is 12.1 Å². The number of carbonyl (C=O) groups is 2. The SMILES string of the molecule is CS(=O)(=O)CCC(=O)N1CCCC12CCCN(CCc1ccccc1)C2=O. The van der Waals surface area contributed by atoms with Crippen LogP contribution in [0, 0.1) is 0 Å². The Morgan fingerprint density at radius 1 is 1.11 bits per heavy atom. The van der Waals surface area contributed by atoms with Crippen molar-refractivity contribution in [2.45, 2.75) is 44.1 Å². The zero-order valence-electron chi connectivity index (χ0n) is 15.9. The molecule has 2 amide bonds. The van der Waals surface area contributed by atoms with Crippen LogP contribution >= 0.6 is 0 Å². The van der Waals surface area contributed by atoms with Crippen LogP contribution in [0.3, 0.4) is 0 Å². The Morgan fingerprint density at radius 3 is 2.44 bits per heavy atom. The highest BCUT2D eigenvalue weighted by Crippen LogP contribution is 2.38. The van der Waals surface area contributed by atoms with Gasteiger partial charge in [0, 0.05) is 32.3 Å². The summed E-state index contributed by atoms with van der Waals surface area (Å²) in [4.78, 5) is 29.6. The second-order valence-electron chi connectivity index (χ2n) is 7.69. The molecule has 2 aliphatic rings. The van der Waals surface area contributed by atoms with Crippen molar-refractivity contribution in [2.24, 2.45) is 0 Å². The van der Waals surface area contributed by atoms with E-state index in [4.69, 9.17) is 0 Å². The highest BCUT2D eigenvalue weighted by molar-refractivity contribution is 7.90. The van der Waals surface area contributed by atoms with Crippen molar-refractivity contribution >= 4 is 21.7 Å². The lowest BCUT2D eigenvalue weighted by Gasteiger charge is -2.44. The van der Waals surface area contributed by atoms with Crippen molar-refractivity contribution in [3.05, 3.63) is 35.9 Å². The maximum atomic E-state index is 13.3. The van der Waals surface area contributed by atoms with Crippen LogP contribution in [-0.2, 0) is 25.8 Å². The van der Waals surface area contributed by atoms with Crippen LogP contribution in [0.5, 0.6) is 0 Å².